The topological polar surface area (TPSA) is 29.1 Å². The first-order valence-corrected chi connectivity index (χ1v) is 6.55. The van der Waals surface area contributed by atoms with Crippen molar-refractivity contribution in [1.29, 1.82) is 0 Å². The number of carbonyl (C=O) groups excluding carboxylic acids is 1. The number of halogens is 1. The summed E-state index contributed by atoms with van der Waals surface area (Å²) in [5, 5.41) is 3.89. The van der Waals surface area contributed by atoms with E-state index in [1.165, 1.54) is 19.3 Å². The number of alkyl halides is 1. The van der Waals surface area contributed by atoms with Crippen LogP contribution in [-0.2, 0) is 4.79 Å². The number of carbonyl (C=O) groups is 1. The standard InChI is InChI=1S/C11H20BrNO/c1-11(2,8-12)13-10(14)9-6-4-3-5-7-9/h9H,3-8H2,1-2H3,(H,13,14). The Morgan fingerprint density at radius 1 is 1.36 bits per heavy atom. The summed E-state index contributed by atoms with van der Waals surface area (Å²) in [5.74, 6) is 0.510. The van der Waals surface area contributed by atoms with Gasteiger partial charge in [0.05, 0.1) is 0 Å². The summed E-state index contributed by atoms with van der Waals surface area (Å²) < 4.78 is 0. The van der Waals surface area contributed by atoms with Crippen LogP contribution in [0.25, 0.3) is 0 Å². The van der Waals surface area contributed by atoms with Crippen molar-refractivity contribution in [3.8, 4) is 0 Å². The maximum absolute atomic E-state index is 11.8. The van der Waals surface area contributed by atoms with Gasteiger partial charge in [-0.05, 0) is 26.7 Å². The van der Waals surface area contributed by atoms with Crippen molar-refractivity contribution in [3.05, 3.63) is 0 Å². The molecule has 14 heavy (non-hydrogen) atoms. The minimum Gasteiger partial charge on any atom is -0.350 e. The number of hydrogen-bond donors (Lipinski definition) is 1. The lowest BCUT2D eigenvalue weighted by Gasteiger charge is -2.28. The zero-order valence-corrected chi connectivity index (χ0v) is 10.7. The van der Waals surface area contributed by atoms with Gasteiger partial charge in [0.25, 0.3) is 0 Å². The lowest BCUT2D eigenvalue weighted by atomic mass is 9.88. The van der Waals surface area contributed by atoms with Gasteiger partial charge in [-0.3, -0.25) is 4.79 Å². The highest BCUT2D eigenvalue weighted by atomic mass is 79.9. The van der Waals surface area contributed by atoms with Crippen LogP contribution < -0.4 is 5.32 Å². The average Bonchev–Trinajstić information content (AvgIpc) is 2.19. The fraction of sp³-hybridized carbons (Fsp3) is 0.909. The van der Waals surface area contributed by atoms with Gasteiger partial charge >= 0.3 is 0 Å². The molecule has 1 N–H and O–H groups in total. The van der Waals surface area contributed by atoms with Crippen LogP contribution in [0.2, 0.25) is 0 Å². The highest BCUT2D eigenvalue weighted by molar-refractivity contribution is 9.09. The van der Waals surface area contributed by atoms with Crippen LogP contribution in [0.4, 0.5) is 0 Å². The predicted octanol–water partition coefficient (Wildman–Crippen LogP) is 2.86. The molecule has 0 aromatic rings. The molecule has 1 amide bonds. The predicted molar refractivity (Wildman–Crippen MR) is 62.6 cm³/mol. The minimum atomic E-state index is -0.117. The average molecular weight is 262 g/mol. The molecule has 0 aromatic carbocycles. The van der Waals surface area contributed by atoms with Gasteiger partial charge in [0, 0.05) is 16.8 Å². The summed E-state index contributed by atoms with van der Waals surface area (Å²) in [4.78, 5) is 11.8. The molecule has 1 aliphatic carbocycles. The van der Waals surface area contributed by atoms with Crippen molar-refractivity contribution >= 4 is 21.8 Å². The third kappa shape index (κ3) is 3.60. The monoisotopic (exact) mass is 261 g/mol. The van der Waals surface area contributed by atoms with Crippen molar-refractivity contribution in [2.24, 2.45) is 5.92 Å². The van der Waals surface area contributed by atoms with Gasteiger partial charge in [-0.2, -0.15) is 0 Å². The Bertz CT molecular complexity index is 197. The Kier molecular flexibility index (Phi) is 4.42. The summed E-state index contributed by atoms with van der Waals surface area (Å²) >= 11 is 3.41. The van der Waals surface area contributed by atoms with Gasteiger partial charge in [-0.15, -0.1) is 0 Å². The van der Waals surface area contributed by atoms with Gasteiger partial charge in [-0.25, -0.2) is 0 Å². The highest BCUT2D eigenvalue weighted by Gasteiger charge is 2.25. The second-order valence-electron chi connectivity index (χ2n) is 4.84. The molecule has 0 atom stereocenters. The molecule has 0 aromatic heterocycles. The molecule has 0 unspecified atom stereocenters. The second-order valence-corrected chi connectivity index (χ2v) is 5.40. The van der Waals surface area contributed by atoms with Crippen molar-refractivity contribution in [3.63, 3.8) is 0 Å². The fourth-order valence-electron chi connectivity index (χ4n) is 1.83. The van der Waals surface area contributed by atoms with Crippen molar-refractivity contribution in [2.45, 2.75) is 51.5 Å². The van der Waals surface area contributed by atoms with E-state index < -0.39 is 0 Å². The normalized spacial score (nSPS) is 19.4. The van der Waals surface area contributed by atoms with Crippen molar-refractivity contribution in [1.82, 2.24) is 5.32 Å². The lowest BCUT2D eigenvalue weighted by molar-refractivity contribution is -0.127. The Morgan fingerprint density at radius 3 is 2.43 bits per heavy atom. The van der Waals surface area contributed by atoms with E-state index in [-0.39, 0.29) is 17.4 Å². The third-order valence-corrected chi connectivity index (χ3v) is 4.17. The molecular formula is C11H20BrNO. The summed E-state index contributed by atoms with van der Waals surface area (Å²) in [5.41, 5.74) is -0.117. The maximum Gasteiger partial charge on any atom is 0.223 e. The van der Waals surface area contributed by atoms with Crippen molar-refractivity contribution in [2.75, 3.05) is 5.33 Å². The van der Waals surface area contributed by atoms with Crippen LogP contribution in [-0.4, -0.2) is 16.8 Å². The van der Waals surface area contributed by atoms with E-state index in [1.54, 1.807) is 0 Å². The molecule has 1 rings (SSSR count). The van der Waals surface area contributed by atoms with E-state index >= 15 is 0 Å². The first-order valence-electron chi connectivity index (χ1n) is 5.43. The second kappa shape index (κ2) is 5.15. The summed E-state index contributed by atoms with van der Waals surface area (Å²) in [6.07, 6.45) is 5.87. The molecule has 0 spiro atoms. The fourth-order valence-corrected chi connectivity index (χ4v) is 1.97. The number of rotatable bonds is 3. The molecule has 82 valence electrons. The van der Waals surface area contributed by atoms with Crippen LogP contribution in [0.1, 0.15) is 46.0 Å². The molecule has 1 fully saturated rings. The molecule has 0 aliphatic heterocycles. The van der Waals surface area contributed by atoms with Crippen LogP contribution in [0.3, 0.4) is 0 Å². The minimum absolute atomic E-state index is 0.117. The van der Waals surface area contributed by atoms with Crippen LogP contribution in [0.15, 0.2) is 0 Å². The maximum atomic E-state index is 11.8. The molecular weight excluding hydrogens is 242 g/mol. The third-order valence-electron chi connectivity index (χ3n) is 2.77. The van der Waals surface area contributed by atoms with Gasteiger partial charge < -0.3 is 5.32 Å². The molecule has 1 saturated carbocycles. The SMILES string of the molecule is CC(C)(CBr)NC(=O)C1CCCCC1. The molecule has 0 radical (unpaired) electrons. The largest absolute Gasteiger partial charge is 0.350 e. The van der Waals surface area contributed by atoms with Gasteiger partial charge in [0.1, 0.15) is 0 Å². The quantitative estimate of drug-likeness (QED) is 0.778. The van der Waals surface area contributed by atoms with E-state index in [0.29, 0.717) is 0 Å². The summed E-state index contributed by atoms with van der Waals surface area (Å²) in [7, 11) is 0. The van der Waals surface area contributed by atoms with Crippen LogP contribution in [0.5, 0.6) is 0 Å². The zero-order valence-electron chi connectivity index (χ0n) is 9.11. The lowest BCUT2D eigenvalue weighted by Crippen LogP contribution is -2.47. The van der Waals surface area contributed by atoms with E-state index in [9.17, 15) is 4.79 Å². The molecule has 1 aliphatic rings. The molecule has 2 nitrogen and oxygen atoms in total. The Morgan fingerprint density at radius 2 is 1.93 bits per heavy atom. The molecule has 0 bridgehead atoms. The van der Waals surface area contributed by atoms with Gasteiger partial charge in [0.15, 0.2) is 0 Å². The highest BCUT2D eigenvalue weighted by Crippen LogP contribution is 2.24. The number of amides is 1. The first-order chi connectivity index (χ1) is 6.55. The Balaban J connectivity index is 2.40. The summed E-state index contributed by atoms with van der Waals surface area (Å²) in [6, 6.07) is 0. The molecule has 3 heteroatoms. The molecule has 0 saturated heterocycles. The smallest absolute Gasteiger partial charge is 0.223 e. The van der Waals surface area contributed by atoms with E-state index in [1.807, 2.05) is 13.8 Å². The Hall–Kier alpha value is -0.0500. The van der Waals surface area contributed by atoms with E-state index in [4.69, 9.17) is 0 Å². The van der Waals surface area contributed by atoms with Crippen LogP contribution >= 0.6 is 15.9 Å². The van der Waals surface area contributed by atoms with E-state index in [0.717, 1.165) is 18.2 Å². The Labute approximate surface area is 95.0 Å². The van der Waals surface area contributed by atoms with Gasteiger partial charge in [0.2, 0.25) is 5.91 Å². The first kappa shape index (κ1) is 12.0. The zero-order chi connectivity index (χ0) is 10.6. The summed E-state index contributed by atoms with van der Waals surface area (Å²) in [6.45, 7) is 4.09. The van der Waals surface area contributed by atoms with Crippen molar-refractivity contribution < 1.29 is 4.79 Å². The molecule has 0 heterocycles. The van der Waals surface area contributed by atoms with Crippen LogP contribution in [0, 0.1) is 5.92 Å². The van der Waals surface area contributed by atoms with Gasteiger partial charge in [-0.1, -0.05) is 35.2 Å². The number of hydrogen-bond acceptors (Lipinski definition) is 1. The number of nitrogens with one attached hydrogen (secondary N) is 1. The van der Waals surface area contributed by atoms with E-state index in [2.05, 4.69) is 21.2 Å².